The fourth-order valence-electron chi connectivity index (χ4n) is 2.14. The van der Waals surface area contributed by atoms with Gasteiger partial charge in [0.2, 0.25) is 0 Å². The van der Waals surface area contributed by atoms with Crippen molar-refractivity contribution in [3.63, 3.8) is 0 Å². The van der Waals surface area contributed by atoms with Crippen molar-refractivity contribution in [2.24, 2.45) is 7.05 Å². The van der Waals surface area contributed by atoms with Crippen LogP contribution in [0, 0.1) is 0 Å². The number of carbonyl (C=O) groups is 1. The third-order valence-corrected chi connectivity index (χ3v) is 3.02. The Kier molecular flexibility index (Phi) is 4.01. The van der Waals surface area contributed by atoms with Crippen molar-refractivity contribution >= 4 is 5.91 Å². The molecule has 94 valence electrons. The van der Waals surface area contributed by atoms with Gasteiger partial charge in [-0.2, -0.15) is 5.10 Å². The Labute approximate surface area is 101 Å². The summed E-state index contributed by atoms with van der Waals surface area (Å²) in [6.45, 7) is 0.0716. The number of hydrogen-bond acceptors (Lipinski definition) is 3. The summed E-state index contributed by atoms with van der Waals surface area (Å²) in [5.41, 5.74) is 0. The van der Waals surface area contributed by atoms with Crippen molar-refractivity contribution in [2.75, 3.05) is 6.61 Å². The van der Waals surface area contributed by atoms with Gasteiger partial charge in [-0.1, -0.05) is 19.3 Å². The van der Waals surface area contributed by atoms with E-state index in [4.69, 9.17) is 4.74 Å². The summed E-state index contributed by atoms with van der Waals surface area (Å²) in [6.07, 6.45) is 9.26. The minimum Gasteiger partial charge on any atom is -0.480 e. The lowest BCUT2D eigenvalue weighted by Crippen LogP contribution is -2.38. The minimum absolute atomic E-state index is 0.0410. The van der Waals surface area contributed by atoms with Crippen molar-refractivity contribution in [1.82, 2.24) is 15.1 Å². The van der Waals surface area contributed by atoms with E-state index < -0.39 is 0 Å². The van der Waals surface area contributed by atoms with Gasteiger partial charge in [-0.05, 0) is 12.8 Å². The molecule has 17 heavy (non-hydrogen) atoms. The van der Waals surface area contributed by atoms with E-state index in [2.05, 4.69) is 10.4 Å². The molecule has 5 nitrogen and oxygen atoms in total. The van der Waals surface area contributed by atoms with Crippen LogP contribution in [0.25, 0.3) is 0 Å². The van der Waals surface area contributed by atoms with Crippen LogP contribution < -0.4 is 10.1 Å². The Morgan fingerprint density at radius 2 is 2.29 bits per heavy atom. The van der Waals surface area contributed by atoms with E-state index in [1.807, 2.05) is 7.05 Å². The monoisotopic (exact) mass is 237 g/mol. The zero-order valence-corrected chi connectivity index (χ0v) is 10.2. The highest BCUT2D eigenvalue weighted by Gasteiger charge is 2.15. The molecule has 0 aliphatic heterocycles. The zero-order valence-electron chi connectivity index (χ0n) is 10.2. The number of rotatable bonds is 4. The molecule has 1 aromatic heterocycles. The number of aryl methyl sites for hydroxylation is 1. The van der Waals surface area contributed by atoms with Gasteiger partial charge in [-0.25, -0.2) is 0 Å². The summed E-state index contributed by atoms with van der Waals surface area (Å²) in [4.78, 5) is 11.6. The highest BCUT2D eigenvalue weighted by molar-refractivity contribution is 5.77. The number of ether oxygens (including phenoxy) is 1. The summed E-state index contributed by atoms with van der Waals surface area (Å²) < 4.78 is 6.98. The van der Waals surface area contributed by atoms with Crippen molar-refractivity contribution in [3.05, 3.63) is 12.4 Å². The van der Waals surface area contributed by atoms with Crippen LogP contribution in [0.15, 0.2) is 12.4 Å². The van der Waals surface area contributed by atoms with Crippen LogP contribution in [0.4, 0.5) is 0 Å². The second-order valence-electron chi connectivity index (χ2n) is 4.54. The maximum Gasteiger partial charge on any atom is 0.258 e. The summed E-state index contributed by atoms with van der Waals surface area (Å²) in [6, 6.07) is 0.341. The molecule has 1 N–H and O–H groups in total. The van der Waals surface area contributed by atoms with E-state index in [1.165, 1.54) is 19.3 Å². The molecule has 1 aromatic rings. The first-order chi connectivity index (χ1) is 8.24. The van der Waals surface area contributed by atoms with Crippen LogP contribution >= 0.6 is 0 Å². The van der Waals surface area contributed by atoms with Crippen LogP contribution in [0.3, 0.4) is 0 Å². The number of hydrogen-bond donors (Lipinski definition) is 1. The maximum atomic E-state index is 11.6. The number of nitrogens with zero attached hydrogens (tertiary/aromatic N) is 2. The first-order valence-electron chi connectivity index (χ1n) is 6.15. The Morgan fingerprint density at radius 3 is 2.94 bits per heavy atom. The summed E-state index contributed by atoms with van der Waals surface area (Å²) in [7, 11) is 1.81. The van der Waals surface area contributed by atoms with E-state index >= 15 is 0 Å². The average molecular weight is 237 g/mol. The molecular weight excluding hydrogens is 218 g/mol. The fraction of sp³-hybridized carbons (Fsp3) is 0.667. The van der Waals surface area contributed by atoms with Crippen molar-refractivity contribution in [1.29, 1.82) is 0 Å². The van der Waals surface area contributed by atoms with Crippen LogP contribution in [0.5, 0.6) is 5.75 Å². The molecular formula is C12H19N3O2. The molecule has 2 rings (SSSR count). The van der Waals surface area contributed by atoms with Gasteiger partial charge in [0.05, 0.1) is 12.4 Å². The molecule has 1 aliphatic carbocycles. The molecule has 0 atom stereocenters. The molecule has 1 aliphatic rings. The van der Waals surface area contributed by atoms with Gasteiger partial charge in [0, 0.05) is 13.1 Å². The SMILES string of the molecule is Cn1cc(OCC(=O)NC2CCCCC2)cn1. The van der Waals surface area contributed by atoms with Crippen molar-refractivity contribution in [2.45, 2.75) is 38.1 Å². The van der Waals surface area contributed by atoms with E-state index in [0.29, 0.717) is 11.8 Å². The molecule has 1 heterocycles. The van der Waals surface area contributed by atoms with Crippen molar-refractivity contribution < 1.29 is 9.53 Å². The smallest absolute Gasteiger partial charge is 0.258 e. The Morgan fingerprint density at radius 1 is 1.53 bits per heavy atom. The lowest BCUT2D eigenvalue weighted by Gasteiger charge is -2.22. The first-order valence-corrected chi connectivity index (χ1v) is 6.15. The quantitative estimate of drug-likeness (QED) is 0.857. The normalized spacial score (nSPS) is 16.8. The molecule has 0 bridgehead atoms. The fourth-order valence-corrected chi connectivity index (χ4v) is 2.14. The second-order valence-corrected chi connectivity index (χ2v) is 4.54. The standard InChI is InChI=1S/C12H19N3O2/c1-15-8-11(7-13-15)17-9-12(16)14-10-5-3-2-4-6-10/h7-8,10H,2-6,9H2,1H3,(H,14,16). The molecule has 0 aromatic carbocycles. The van der Waals surface area contributed by atoms with Crippen LogP contribution in [0.2, 0.25) is 0 Å². The van der Waals surface area contributed by atoms with Gasteiger partial charge in [-0.3, -0.25) is 9.48 Å². The van der Waals surface area contributed by atoms with E-state index in [-0.39, 0.29) is 12.5 Å². The van der Waals surface area contributed by atoms with Gasteiger partial charge >= 0.3 is 0 Å². The van der Waals surface area contributed by atoms with E-state index in [9.17, 15) is 4.79 Å². The first kappa shape index (κ1) is 12.0. The minimum atomic E-state index is -0.0410. The highest BCUT2D eigenvalue weighted by Crippen LogP contribution is 2.17. The van der Waals surface area contributed by atoms with Crippen LogP contribution in [0.1, 0.15) is 32.1 Å². The van der Waals surface area contributed by atoms with E-state index in [1.54, 1.807) is 17.1 Å². The van der Waals surface area contributed by atoms with Gasteiger partial charge in [0.15, 0.2) is 12.4 Å². The Hall–Kier alpha value is -1.52. The van der Waals surface area contributed by atoms with Gasteiger partial charge in [-0.15, -0.1) is 0 Å². The summed E-state index contributed by atoms with van der Waals surface area (Å²) in [5, 5.41) is 6.97. The Balaban J connectivity index is 1.70. The molecule has 1 amide bonds. The van der Waals surface area contributed by atoms with Crippen LogP contribution in [-0.2, 0) is 11.8 Å². The van der Waals surface area contributed by atoms with Gasteiger partial charge in [0.1, 0.15) is 0 Å². The number of amides is 1. The summed E-state index contributed by atoms with van der Waals surface area (Å²) in [5.74, 6) is 0.590. The topological polar surface area (TPSA) is 56.1 Å². The average Bonchev–Trinajstić information content (AvgIpc) is 2.74. The van der Waals surface area contributed by atoms with Crippen LogP contribution in [-0.4, -0.2) is 28.3 Å². The van der Waals surface area contributed by atoms with Gasteiger partial charge < -0.3 is 10.1 Å². The zero-order chi connectivity index (χ0) is 12.1. The third-order valence-electron chi connectivity index (χ3n) is 3.02. The number of carbonyl (C=O) groups excluding carboxylic acids is 1. The molecule has 0 unspecified atom stereocenters. The Bertz CT molecular complexity index is 370. The maximum absolute atomic E-state index is 11.6. The lowest BCUT2D eigenvalue weighted by atomic mass is 9.95. The summed E-state index contributed by atoms with van der Waals surface area (Å²) >= 11 is 0. The molecule has 0 spiro atoms. The lowest BCUT2D eigenvalue weighted by molar-refractivity contribution is -0.124. The second kappa shape index (κ2) is 5.70. The largest absolute Gasteiger partial charge is 0.480 e. The third kappa shape index (κ3) is 3.76. The van der Waals surface area contributed by atoms with Crippen molar-refractivity contribution in [3.8, 4) is 5.75 Å². The number of nitrogens with one attached hydrogen (secondary N) is 1. The molecule has 0 radical (unpaired) electrons. The predicted octanol–water partition coefficient (Wildman–Crippen LogP) is 1.25. The number of aromatic nitrogens is 2. The predicted molar refractivity (Wildman–Crippen MR) is 63.7 cm³/mol. The molecule has 0 saturated heterocycles. The molecule has 5 heteroatoms. The highest BCUT2D eigenvalue weighted by atomic mass is 16.5. The molecule has 1 fully saturated rings. The van der Waals surface area contributed by atoms with Gasteiger partial charge in [0.25, 0.3) is 5.91 Å². The van der Waals surface area contributed by atoms with E-state index in [0.717, 1.165) is 12.8 Å². The molecule has 1 saturated carbocycles.